The molecule has 2 unspecified atom stereocenters. The van der Waals surface area contributed by atoms with Crippen LogP contribution in [0.2, 0.25) is 0 Å². The van der Waals surface area contributed by atoms with E-state index in [9.17, 15) is 9.59 Å². The van der Waals surface area contributed by atoms with E-state index in [2.05, 4.69) is 0 Å². The number of hydrogen-bond donors (Lipinski definition) is 0. The summed E-state index contributed by atoms with van der Waals surface area (Å²) in [6.45, 7) is 4.47. The van der Waals surface area contributed by atoms with Gasteiger partial charge in [0, 0.05) is 12.2 Å². The zero-order valence-electron chi connectivity index (χ0n) is 12.8. The fraction of sp³-hybridized carbons (Fsp3) is 0.529. The number of rotatable bonds is 2. The van der Waals surface area contributed by atoms with Crippen molar-refractivity contribution in [2.24, 2.45) is 11.3 Å². The molecule has 1 saturated carbocycles. The van der Waals surface area contributed by atoms with Crippen molar-refractivity contribution in [1.29, 1.82) is 0 Å². The van der Waals surface area contributed by atoms with E-state index in [4.69, 9.17) is 4.74 Å². The van der Waals surface area contributed by atoms with Crippen molar-refractivity contribution in [3.63, 3.8) is 0 Å². The fourth-order valence-electron chi connectivity index (χ4n) is 4.10. The maximum atomic E-state index is 12.8. The number of anilines is 1. The third kappa shape index (κ3) is 1.88. The van der Waals surface area contributed by atoms with Crippen LogP contribution in [0.4, 0.5) is 5.69 Å². The maximum Gasteiger partial charge on any atom is 0.314 e. The van der Waals surface area contributed by atoms with Gasteiger partial charge in [0.05, 0.1) is 18.4 Å². The summed E-state index contributed by atoms with van der Waals surface area (Å²) in [7, 11) is 1.42. The third-order valence-corrected chi connectivity index (χ3v) is 5.09. The topological polar surface area (TPSA) is 46.6 Å². The van der Waals surface area contributed by atoms with Crippen molar-refractivity contribution in [3.8, 4) is 0 Å². The van der Waals surface area contributed by atoms with Crippen molar-refractivity contribution in [3.05, 3.63) is 29.3 Å². The third-order valence-electron chi connectivity index (χ3n) is 5.09. The predicted molar refractivity (Wildman–Crippen MR) is 80.1 cm³/mol. The molecule has 2 aliphatic rings. The lowest BCUT2D eigenvalue weighted by Crippen LogP contribution is -2.37. The molecule has 1 aliphatic heterocycles. The number of carbonyl (C=O) groups excluding carboxylic acids is 2. The Morgan fingerprint density at radius 3 is 2.62 bits per heavy atom. The minimum absolute atomic E-state index is 0.0790. The molecule has 4 heteroatoms. The van der Waals surface area contributed by atoms with Gasteiger partial charge in [-0.25, -0.2) is 0 Å². The van der Waals surface area contributed by atoms with E-state index >= 15 is 0 Å². The highest BCUT2D eigenvalue weighted by molar-refractivity contribution is 6.04. The molecule has 0 N–H and O–H groups in total. The number of esters is 1. The second-order valence-corrected chi connectivity index (χ2v) is 6.26. The summed E-state index contributed by atoms with van der Waals surface area (Å²) in [5, 5.41) is 0. The van der Waals surface area contributed by atoms with E-state index < -0.39 is 5.41 Å². The molecule has 1 aromatic carbocycles. The van der Waals surface area contributed by atoms with E-state index in [1.807, 2.05) is 36.9 Å². The van der Waals surface area contributed by atoms with Crippen molar-refractivity contribution in [2.75, 3.05) is 18.6 Å². The van der Waals surface area contributed by atoms with Crippen LogP contribution in [0.3, 0.4) is 0 Å². The fourth-order valence-corrected chi connectivity index (χ4v) is 4.10. The summed E-state index contributed by atoms with van der Waals surface area (Å²) < 4.78 is 5.01. The van der Waals surface area contributed by atoms with E-state index in [-0.39, 0.29) is 17.8 Å². The number of aryl methyl sites for hydroxylation is 2. The normalized spacial score (nSPS) is 27.9. The first-order valence-corrected chi connectivity index (χ1v) is 7.47. The molecule has 2 fully saturated rings. The summed E-state index contributed by atoms with van der Waals surface area (Å²) in [5.41, 5.74) is 2.47. The number of methoxy groups -OCH3 is 1. The molecule has 1 amide bonds. The summed E-state index contributed by atoms with van der Waals surface area (Å²) in [4.78, 5) is 27.0. The predicted octanol–water partition coefficient (Wildman–Crippen LogP) is 2.61. The molecule has 0 spiro atoms. The largest absolute Gasteiger partial charge is 0.469 e. The van der Waals surface area contributed by atoms with Crippen LogP contribution < -0.4 is 4.90 Å². The Labute approximate surface area is 125 Å². The Kier molecular flexibility index (Phi) is 3.27. The lowest BCUT2D eigenvalue weighted by Gasteiger charge is -2.26. The summed E-state index contributed by atoms with van der Waals surface area (Å²) in [6, 6.07) is 6.01. The number of ether oxygens (including phenoxy) is 1. The van der Waals surface area contributed by atoms with Gasteiger partial charge in [0.2, 0.25) is 5.91 Å². The number of fused-ring (bicyclic) bond motifs is 1. The second-order valence-electron chi connectivity index (χ2n) is 6.26. The van der Waals surface area contributed by atoms with E-state index in [0.29, 0.717) is 6.54 Å². The molecule has 0 bridgehead atoms. The van der Waals surface area contributed by atoms with Gasteiger partial charge in [-0.15, -0.1) is 0 Å². The summed E-state index contributed by atoms with van der Waals surface area (Å²) in [6.07, 6.45) is 2.46. The number of benzene rings is 1. The van der Waals surface area contributed by atoms with Crippen LogP contribution in [-0.2, 0) is 14.3 Å². The SMILES string of the molecule is COC(=O)C12CCCC1C(=O)N(c1c(C)cccc1C)C2. The van der Waals surface area contributed by atoms with Gasteiger partial charge >= 0.3 is 5.97 Å². The lowest BCUT2D eigenvalue weighted by molar-refractivity contribution is -0.154. The van der Waals surface area contributed by atoms with Gasteiger partial charge in [-0.05, 0) is 37.8 Å². The molecular formula is C17H21NO3. The molecule has 3 rings (SSSR count). The molecule has 1 aliphatic carbocycles. The number of nitrogens with zero attached hydrogens (tertiary/aromatic N) is 1. The molecule has 4 nitrogen and oxygen atoms in total. The van der Waals surface area contributed by atoms with Gasteiger partial charge in [0.1, 0.15) is 0 Å². The van der Waals surface area contributed by atoms with Crippen molar-refractivity contribution < 1.29 is 14.3 Å². The highest BCUT2D eigenvalue weighted by Gasteiger charge is 2.60. The maximum absolute atomic E-state index is 12.8. The minimum atomic E-state index is -0.638. The highest BCUT2D eigenvalue weighted by Crippen LogP contribution is 2.51. The van der Waals surface area contributed by atoms with Gasteiger partial charge in [0.25, 0.3) is 0 Å². The second kappa shape index (κ2) is 4.86. The van der Waals surface area contributed by atoms with Crippen molar-refractivity contribution >= 4 is 17.6 Å². The molecule has 1 heterocycles. The van der Waals surface area contributed by atoms with Gasteiger partial charge < -0.3 is 9.64 Å². The van der Waals surface area contributed by atoms with Crippen LogP contribution in [0.15, 0.2) is 18.2 Å². The Balaban J connectivity index is 2.04. The van der Waals surface area contributed by atoms with Crippen LogP contribution in [0.1, 0.15) is 30.4 Å². The average Bonchev–Trinajstić information content (AvgIpc) is 2.99. The van der Waals surface area contributed by atoms with Gasteiger partial charge in [-0.1, -0.05) is 24.6 Å². The van der Waals surface area contributed by atoms with Crippen molar-refractivity contribution in [2.45, 2.75) is 33.1 Å². The Bertz CT molecular complexity index is 590. The Morgan fingerprint density at radius 1 is 1.33 bits per heavy atom. The zero-order chi connectivity index (χ0) is 15.2. The zero-order valence-corrected chi connectivity index (χ0v) is 12.8. The Hall–Kier alpha value is -1.84. The first kappa shape index (κ1) is 14.1. The Morgan fingerprint density at radius 2 is 2.00 bits per heavy atom. The standard InChI is InChI=1S/C17H21NO3/c1-11-6-4-7-12(2)14(11)18-10-17(16(20)21-3)9-5-8-13(17)15(18)19/h4,6-7,13H,5,8-10H2,1-3H3. The monoisotopic (exact) mass is 287 g/mol. The van der Waals surface area contributed by atoms with Gasteiger partial charge in [-0.3, -0.25) is 9.59 Å². The van der Waals surface area contributed by atoms with Crippen LogP contribution >= 0.6 is 0 Å². The molecule has 112 valence electrons. The van der Waals surface area contributed by atoms with Crippen LogP contribution in [0.25, 0.3) is 0 Å². The van der Waals surface area contributed by atoms with E-state index in [0.717, 1.165) is 36.1 Å². The van der Waals surface area contributed by atoms with Crippen LogP contribution in [-0.4, -0.2) is 25.5 Å². The van der Waals surface area contributed by atoms with Crippen LogP contribution in [0.5, 0.6) is 0 Å². The molecular weight excluding hydrogens is 266 g/mol. The van der Waals surface area contributed by atoms with Gasteiger partial charge in [0.15, 0.2) is 0 Å². The molecule has 2 atom stereocenters. The molecule has 0 aromatic heterocycles. The van der Waals surface area contributed by atoms with E-state index in [1.165, 1.54) is 7.11 Å². The quantitative estimate of drug-likeness (QED) is 0.786. The molecule has 0 radical (unpaired) electrons. The lowest BCUT2D eigenvalue weighted by atomic mass is 9.80. The first-order chi connectivity index (χ1) is 10.0. The van der Waals surface area contributed by atoms with E-state index in [1.54, 1.807) is 0 Å². The number of amides is 1. The molecule has 1 saturated heterocycles. The summed E-state index contributed by atoms with van der Waals surface area (Å²) in [5.74, 6) is -0.369. The minimum Gasteiger partial charge on any atom is -0.469 e. The van der Waals surface area contributed by atoms with Gasteiger partial charge in [-0.2, -0.15) is 0 Å². The summed E-state index contributed by atoms with van der Waals surface area (Å²) >= 11 is 0. The first-order valence-electron chi connectivity index (χ1n) is 7.47. The highest BCUT2D eigenvalue weighted by atomic mass is 16.5. The smallest absolute Gasteiger partial charge is 0.314 e. The number of para-hydroxylation sites is 1. The molecule has 1 aromatic rings. The molecule has 21 heavy (non-hydrogen) atoms. The number of hydrogen-bond acceptors (Lipinski definition) is 3. The van der Waals surface area contributed by atoms with Crippen molar-refractivity contribution in [1.82, 2.24) is 0 Å². The average molecular weight is 287 g/mol. The number of carbonyl (C=O) groups is 2. The van der Waals surface area contributed by atoms with Crippen LogP contribution in [0, 0.1) is 25.2 Å².